The number of hydrogen-bond acceptors (Lipinski definition) is 5. The third kappa shape index (κ3) is 11.2. The van der Waals surface area contributed by atoms with Gasteiger partial charge in [-0.3, -0.25) is 0 Å². The van der Waals surface area contributed by atoms with Crippen molar-refractivity contribution in [3.63, 3.8) is 0 Å². The van der Waals surface area contributed by atoms with Crippen LogP contribution in [0, 0.1) is 0 Å². The Bertz CT molecular complexity index is 1230. The molecule has 4 aromatic carbocycles. The zero-order valence-electron chi connectivity index (χ0n) is 21.9. The average molecular weight is 665 g/mol. The van der Waals surface area contributed by atoms with Crippen LogP contribution in [0.1, 0.15) is 11.1 Å². The SMILES string of the molecule is O=C(OCc1ccc(OC=CC[Se]c2ccccc2)cc1)OCc1ccc(OC=CC[Se]c2ccccc2)cc1. The van der Waals surface area contributed by atoms with Crippen LogP contribution >= 0.6 is 0 Å². The second kappa shape index (κ2) is 17.1. The maximum absolute atomic E-state index is 12.0. The van der Waals surface area contributed by atoms with Crippen LogP contribution in [0.2, 0.25) is 10.6 Å². The second-order valence-electron chi connectivity index (χ2n) is 8.34. The topological polar surface area (TPSA) is 54.0 Å². The number of allylic oxidation sites excluding steroid dienone is 2. The Morgan fingerprint density at radius 2 is 0.950 bits per heavy atom. The molecule has 7 heteroatoms. The molecule has 0 amide bonds. The van der Waals surface area contributed by atoms with Crippen LogP contribution < -0.4 is 18.4 Å². The third-order valence-corrected chi connectivity index (χ3v) is 9.39. The second-order valence-corrected chi connectivity index (χ2v) is 12.9. The van der Waals surface area contributed by atoms with E-state index in [0.717, 1.165) is 33.3 Å². The molecule has 0 saturated heterocycles. The van der Waals surface area contributed by atoms with Crippen molar-refractivity contribution in [2.24, 2.45) is 0 Å². The van der Waals surface area contributed by atoms with E-state index < -0.39 is 6.16 Å². The monoisotopic (exact) mass is 666 g/mol. The summed E-state index contributed by atoms with van der Waals surface area (Å²) in [5, 5.41) is 1.94. The summed E-state index contributed by atoms with van der Waals surface area (Å²) in [6.07, 6.45) is 6.79. The normalized spacial score (nSPS) is 11.0. The van der Waals surface area contributed by atoms with E-state index in [1.807, 2.05) is 72.8 Å². The summed E-state index contributed by atoms with van der Waals surface area (Å²) in [6, 6.07) is 35.7. The first kappa shape index (κ1) is 29.3. The van der Waals surface area contributed by atoms with Crippen molar-refractivity contribution in [3.05, 3.63) is 145 Å². The van der Waals surface area contributed by atoms with Crippen LogP contribution in [-0.2, 0) is 22.7 Å². The van der Waals surface area contributed by atoms with Gasteiger partial charge in [0.25, 0.3) is 0 Å². The van der Waals surface area contributed by atoms with E-state index in [1.54, 1.807) is 12.5 Å². The summed E-state index contributed by atoms with van der Waals surface area (Å²) in [5.41, 5.74) is 1.69. The zero-order chi connectivity index (χ0) is 27.7. The molecule has 0 atom stereocenters. The van der Waals surface area contributed by atoms with Crippen molar-refractivity contribution < 1.29 is 23.7 Å². The summed E-state index contributed by atoms with van der Waals surface area (Å²) >= 11 is 0.797. The van der Waals surface area contributed by atoms with Gasteiger partial charge in [-0.2, -0.15) is 0 Å². The molecule has 0 saturated carbocycles. The van der Waals surface area contributed by atoms with Gasteiger partial charge in [-0.05, 0) is 0 Å². The van der Waals surface area contributed by atoms with Gasteiger partial charge in [0.1, 0.15) is 0 Å². The molecule has 204 valence electrons. The number of benzene rings is 4. The van der Waals surface area contributed by atoms with Gasteiger partial charge >= 0.3 is 249 Å². The molecule has 0 unspecified atom stereocenters. The van der Waals surface area contributed by atoms with Crippen molar-refractivity contribution in [3.8, 4) is 11.5 Å². The maximum atomic E-state index is 12.0. The van der Waals surface area contributed by atoms with Gasteiger partial charge in [0, 0.05) is 0 Å². The molecule has 0 heterocycles. The van der Waals surface area contributed by atoms with Gasteiger partial charge < -0.3 is 0 Å². The number of carbonyl (C=O) groups excluding carboxylic acids is 1. The molecule has 0 aromatic heterocycles. The molecule has 0 aliphatic heterocycles. The molecular formula is C33H30O5Se2. The zero-order valence-corrected chi connectivity index (χ0v) is 25.3. The average Bonchev–Trinajstić information content (AvgIpc) is 3.01. The molecule has 40 heavy (non-hydrogen) atoms. The van der Waals surface area contributed by atoms with Crippen molar-refractivity contribution in [2.75, 3.05) is 0 Å². The standard InChI is InChI=1S/C33H30O5Se2/c34-33(37-25-27-13-17-29(18-14-27)35-21-7-23-39-31-9-3-1-4-10-31)38-26-28-15-19-30(20-16-28)36-22-8-24-40-32-11-5-2-6-12-32/h1-22H,23-26H2. The van der Waals surface area contributed by atoms with Gasteiger partial charge in [0.15, 0.2) is 0 Å². The summed E-state index contributed by atoms with van der Waals surface area (Å²) in [5.74, 6) is 1.46. The molecule has 0 N–H and O–H groups in total. The summed E-state index contributed by atoms with van der Waals surface area (Å²) in [6.45, 7) is 0.248. The predicted octanol–water partition coefficient (Wildman–Crippen LogP) is 6.22. The minimum absolute atomic E-state index is 0.124. The van der Waals surface area contributed by atoms with Gasteiger partial charge in [0.2, 0.25) is 0 Å². The van der Waals surface area contributed by atoms with E-state index in [1.165, 1.54) is 8.92 Å². The Morgan fingerprint density at radius 1 is 0.550 bits per heavy atom. The molecule has 0 bridgehead atoms. The molecule has 0 fully saturated rings. The Kier molecular flexibility index (Phi) is 12.5. The minimum atomic E-state index is -0.716. The van der Waals surface area contributed by atoms with Crippen molar-refractivity contribution in [1.82, 2.24) is 0 Å². The van der Waals surface area contributed by atoms with E-state index in [4.69, 9.17) is 18.9 Å². The first-order chi connectivity index (χ1) is 19.7. The van der Waals surface area contributed by atoms with Gasteiger partial charge in [-0.15, -0.1) is 0 Å². The van der Waals surface area contributed by atoms with E-state index in [9.17, 15) is 4.79 Å². The molecule has 0 aliphatic rings. The van der Waals surface area contributed by atoms with Crippen molar-refractivity contribution >= 4 is 45.0 Å². The fourth-order valence-electron chi connectivity index (χ4n) is 3.31. The number of rotatable bonds is 14. The molecule has 0 radical (unpaired) electrons. The fourth-order valence-corrected chi connectivity index (χ4v) is 6.32. The Hall–Kier alpha value is -3.73. The van der Waals surface area contributed by atoms with Crippen molar-refractivity contribution in [2.45, 2.75) is 23.9 Å². The van der Waals surface area contributed by atoms with E-state index in [0.29, 0.717) is 29.9 Å². The number of ether oxygens (including phenoxy) is 4. The first-order valence-electron chi connectivity index (χ1n) is 12.7. The summed E-state index contributed by atoms with van der Waals surface area (Å²) < 4.78 is 24.5. The Morgan fingerprint density at radius 3 is 1.35 bits per heavy atom. The molecular weight excluding hydrogens is 634 g/mol. The van der Waals surface area contributed by atoms with Gasteiger partial charge in [0.05, 0.1) is 0 Å². The molecule has 0 aliphatic carbocycles. The van der Waals surface area contributed by atoms with Crippen LogP contribution in [0.5, 0.6) is 11.5 Å². The van der Waals surface area contributed by atoms with Crippen LogP contribution in [-0.4, -0.2) is 36.1 Å². The first-order valence-corrected chi connectivity index (χ1v) is 16.8. The van der Waals surface area contributed by atoms with Crippen LogP contribution in [0.4, 0.5) is 4.79 Å². The van der Waals surface area contributed by atoms with Gasteiger partial charge in [-0.1, -0.05) is 0 Å². The quantitative estimate of drug-likeness (QED) is 0.0911. The van der Waals surface area contributed by atoms with E-state index >= 15 is 0 Å². The number of hydrogen-bond donors (Lipinski definition) is 0. The van der Waals surface area contributed by atoms with Crippen LogP contribution in [0.15, 0.2) is 134 Å². The van der Waals surface area contributed by atoms with Gasteiger partial charge in [-0.25, -0.2) is 0 Å². The molecule has 5 nitrogen and oxygen atoms in total. The Labute approximate surface area is 248 Å². The molecule has 4 rings (SSSR count). The summed E-state index contributed by atoms with van der Waals surface area (Å²) in [4.78, 5) is 12.0. The number of carbonyl (C=O) groups is 1. The fraction of sp³-hybridized carbons (Fsp3) is 0.121. The summed E-state index contributed by atoms with van der Waals surface area (Å²) in [7, 11) is 0. The molecule has 4 aromatic rings. The Balaban J connectivity index is 1.08. The third-order valence-electron chi connectivity index (χ3n) is 5.34. The van der Waals surface area contributed by atoms with Crippen LogP contribution in [0.25, 0.3) is 0 Å². The van der Waals surface area contributed by atoms with Crippen LogP contribution in [0.3, 0.4) is 0 Å². The van der Waals surface area contributed by atoms with E-state index in [2.05, 4.69) is 48.5 Å². The van der Waals surface area contributed by atoms with E-state index in [-0.39, 0.29) is 13.2 Å². The predicted molar refractivity (Wildman–Crippen MR) is 161 cm³/mol. The molecule has 0 spiro atoms. The van der Waals surface area contributed by atoms with Crippen molar-refractivity contribution in [1.29, 1.82) is 0 Å².